The summed E-state index contributed by atoms with van der Waals surface area (Å²) in [4.78, 5) is 2.22. The SMILES string of the molecule is CCN(Cc1cccc(OC)c1O)c1ccc(C)cc1. The average molecular weight is 271 g/mol. The number of nitrogens with zero attached hydrogens (tertiary/aromatic N) is 1. The van der Waals surface area contributed by atoms with Crippen LogP contribution < -0.4 is 9.64 Å². The highest BCUT2D eigenvalue weighted by Crippen LogP contribution is 2.31. The molecule has 0 saturated carbocycles. The second-order valence-corrected chi connectivity index (χ2v) is 4.82. The maximum atomic E-state index is 10.2. The molecule has 0 bridgehead atoms. The Morgan fingerprint density at radius 1 is 1.10 bits per heavy atom. The van der Waals surface area contributed by atoms with E-state index in [-0.39, 0.29) is 5.75 Å². The van der Waals surface area contributed by atoms with Gasteiger partial charge in [0.1, 0.15) is 0 Å². The van der Waals surface area contributed by atoms with Crippen molar-refractivity contribution in [1.82, 2.24) is 0 Å². The third-order valence-electron chi connectivity index (χ3n) is 3.44. The minimum atomic E-state index is 0.223. The van der Waals surface area contributed by atoms with E-state index in [2.05, 4.69) is 43.0 Å². The number of rotatable bonds is 5. The molecule has 0 atom stereocenters. The fourth-order valence-electron chi connectivity index (χ4n) is 2.21. The first-order valence-corrected chi connectivity index (χ1v) is 6.82. The van der Waals surface area contributed by atoms with Gasteiger partial charge in [-0.2, -0.15) is 0 Å². The molecule has 0 aliphatic carbocycles. The van der Waals surface area contributed by atoms with Gasteiger partial charge in [0.15, 0.2) is 11.5 Å². The van der Waals surface area contributed by atoms with Crippen LogP contribution in [0.1, 0.15) is 18.1 Å². The van der Waals surface area contributed by atoms with E-state index in [0.29, 0.717) is 12.3 Å². The Morgan fingerprint density at radius 3 is 2.40 bits per heavy atom. The van der Waals surface area contributed by atoms with E-state index in [1.54, 1.807) is 13.2 Å². The molecule has 1 N–H and O–H groups in total. The van der Waals surface area contributed by atoms with E-state index < -0.39 is 0 Å². The summed E-state index contributed by atoms with van der Waals surface area (Å²) in [6.45, 7) is 5.72. The monoisotopic (exact) mass is 271 g/mol. The summed E-state index contributed by atoms with van der Waals surface area (Å²) >= 11 is 0. The van der Waals surface area contributed by atoms with Crippen molar-refractivity contribution in [2.24, 2.45) is 0 Å². The Balaban J connectivity index is 2.24. The molecule has 0 heterocycles. The average Bonchev–Trinajstić information content (AvgIpc) is 2.47. The van der Waals surface area contributed by atoms with Gasteiger partial charge in [0.05, 0.1) is 7.11 Å². The van der Waals surface area contributed by atoms with Gasteiger partial charge in [-0.3, -0.25) is 0 Å². The summed E-state index contributed by atoms with van der Waals surface area (Å²) in [6, 6.07) is 14.0. The molecule has 0 aromatic heterocycles. The molecule has 2 aromatic rings. The van der Waals surface area contributed by atoms with Crippen LogP contribution in [-0.2, 0) is 6.54 Å². The second-order valence-electron chi connectivity index (χ2n) is 4.82. The highest BCUT2D eigenvalue weighted by Gasteiger charge is 2.11. The normalized spacial score (nSPS) is 10.3. The van der Waals surface area contributed by atoms with Gasteiger partial charge in [-0.15, -0.1) is 0 Å². The lowest BCUT2D eigenvalue weighted by molar-refractivity contribution is 0.370. The van der Waals surface area contributed by atoms with Crippen LogP contribution in [0.5, 0.6) is 11.5 Å². The van der Waals surface area contributed by atoms with Crippen molar-refractivity contribution >= 4 is 5.69 Å². The Kier molecular flexibility index (Phi) is 4.51. The number of anilines is 1. The van der Waals surface area contributed by atoms with Crippen LogP contribution in [0.4, 0.5) is 5.69 Å². The summed E-state index contributed by atoms with van der Waals surface area (Å²) in [5, 5.41) is 10.2. The van der Waals surface area contributed by atoms with E-state index in [1.807, 2.05) is 12.1 Å². The van der Waals surface area contributed by atoms with Gasteiger partial charge >= 0.3 is 0 Å². The van der Waals surface area contributed by atoms with Gasteiger partial charge in [-0.05, 0) is 32.0 Å². The molecule has 0 spiro atoms. The van der Waals surface area contributed by atoms with Gasteiger partial charge in [0.25, 0.3) is 0 Å². The number of phenols is 1. The maximum Gasteiger partial charge on any atom is 0.162 e. The molecule has 20 heavy (non-hydrogen) atoms. The number of phenolic OH excluding ortho intramolecular Hbond substituents is 1. The minimum absolute atomic E-state index is 0.223. The van der Waals surface area contributed by atoms with Crippen LogP contribution in [0.2, 0.25) is 0 Å². The first-order chi connectivity index (χ1) is 9.65. The number of aromatic hydroxyl groups is 1. The minimum Gasteiger partial charge on any atom is -0.504 e. The number of para-hydroxylation sites is 1. The number of ether oxygens (including phenoxy) is 1. The zero-order valence-corrected chi connectivity index (χ0v) is 12.3. The van der Waals surface area contributed by atoms with Crippen molar-refractivity contribution in [1.29, 1.82) is 0 Å². The number of hydrogen-bond acceptors (Lipinski definition) is 3. The van der Waals surface area contributed by atoms with E-state index in [4.69, 9.17) is 4.74 Å². The zero-order chi connectivity index (χ0) is 14.5. The fourth-order valence-corrected chi connectivity index (χ4v) is 2.21. The number of benzene rings is 2. The zero-order valence-electron chi connectivity index (χ0n) is 12.3. The van der Waals surface area contributed by atoms with Gasteiger partial charge in [-0.25, -0.2) is 0 Å². The van der Waals surface area contributed by atoms with Crippen molar-refractivity contribution in [3.63, 3.8) is 0 Å². The topological polar surface area (TPSA) is 32.7 Å². The Bertz CT molecular complexity index is 564. The lowest BCUT2D eigenvalue weighted by Crippen LogP contribution is -2.22. The first kappa shape index (κ1) is 14.3. The Morgan fingerprint density at radius 2 is 1.80 bits per heavy atom. The van der Waals surface area contributed by atoms with E-state index in [1.165, 1.54) is 5.56 Å². The van der Waals surface area contributed by atoms with Crippen LogP contribution in [0, 0.1) is 6.92 Å². The lowest BCUT2D eigenvalue weighted by atomic mass is 10.1. The summed E-state index contributed by atoms with van der Waals surface area (Å²) in [5.74, 6) is 0.739. The maximum absolute atomic E-state index is 10.2. The van der Waals surface area contributed by atoms with Crippen LogP contribution in [0.15, 0.2) is 42.5 Å². The standard InChI is InChI=1S/C17H21NO2/c1-4-18(15-10-8-13(2)9-11-15)12-14-6-5-7-16(20-3)17(14)19/h5-11,19H,4,12H2,1-3H3. The van der Waals surface area contributed by atoms with Crippen LogP contribution in [-0.4, -0.2) is 18.8 Å². The number of methoxy groups -OCH3 is 1. The highest BCUT2D eigenvalue weighted by molar-refractivity contribution is 5.51. The molecule has 0 unspecified atom stereocenters. The summed E-state index contributed by atoms with van der Waals surface area (Å²) in [5.41, 5.74) is 3.26. The summed E-state index contributed by atoms with van der Waals surface area (Å²) in [6.07, 6.45) is 0. The molecule has 3 nitrogen and oxygen atoms in total. The highest BCUT2D eigenvalue weighted by atomic mass is 16.5. The second kappa shape index (κ2) is 6.33. The molecule has 0 fully saturated rings. The van der Waals surface area contributed by atoms with Crippen LogP contribution >= 0.6 is 0 Å². The summed E-state index contributed by atoms with van der Waals surface area (Å²) in [7, 11) is 1.57. The molecule has 0 amide bonds. The largest absolute Gasteiger partial charge is 0.504 e. The molecular formula is C17H21NO2. The Hall–Kier alpha value is -2.16. The van der Waals surface area contributed by atoms with Gasteiger partial charge < -0.3 is 14.7 Å². The molecule has 106 valence electrons. The smallest absolute Gasteiger partial charge is 0.162 e. The van der Waals surface area contributed by atoms with E-state index >= 15 is 0 Å². The molecule has 0 aliphatic heterocycles. The van der Waals surface area contributed by atoms with Crippen molar-refractivity contribution in [3.8, 4) is 11.5 Å². The molecule has 2 rings (SSSR count). The molecule has 0 saturated heterocycles. The molecular weight excluding hydrogens is 250 g/mol. The van der Waals surface area contributed by atoms with E-state index in [9.17, 15) is 5.11 Å². The molecule has 0 radical (unpaired) electrons. The quantitative estimate of drug-likeness (QED) is 0.899. The first-order valence-electron chi connectivity index (χ1n) is 6.82. The van der Waals surface area contributed by atoms with Crippen molar-refractivity contribution < 1.29 is 9.84 Å². The predicted molar refractivity (Wildman–Crippen MR) is 82.6 cm³/mol. The predicted octanol–water partition coefficient (Wildman–Crippen LogP) is 3.74. The Labute approximate surface area is 120 Å². The van der Waals surface area contributed by atoms with Crippen molar-refractivity contribution in [3.05, 3.63) is 53.6 Å². The summed E-state index contributed by atoms with van der Waals surface area (Å²) < 4.78 is 5.15. The number of aryl methyl sites for hydroxylation is 1. The molecule has 0 aliphatic rings. The van der Waals surface area contributed by atoms with Crippen LogP contribution in [0.3, 0.4) is 0 Å². The third-order valence-corrected chi connectivity index (χ3v) is 3.44. The van der Waals surface area contributed by atoms with Gasteiger partial charge in [-0.1, -0.05) is 29.8 Å². The van der Waals surface area contributed by atoms with Crippen molar-refractivity contribution in [2.45, 2.75) is 20.4 Å². The van der Waals surface area contributed by atoms with E-state index in [0.717, 1.165) is 17.8 Å². The van der Waals surface area contributed by atoms with Crippen molar-refractivity contribution in [2.75, 3.05) is 18.6 Å². The van der Waals surface area contributed by atoms with Gasteiger partial charge in [0.2, 0.25) is 0 Å². The van der Waals surface area contributed by atoms with Crippen LogP contribution in [0.25, 0.3) is 0 Å². The van der Waals surface area contributed by atoms with Gasteiger partial charge in [0, 0.05) is 24.3 Å². The third kappa shape index (κ3) is 3.05. The fraction of sp³-hybridized carbons (Fsp3) is 0.294. The molecule has 2 aromatic carbocycles. The molecule has 3 heteroatoms. The lowest BCUT2D eigenvalue weighted by Gasteiger charge is -2.24. The number of hydrogen-bond donors (Lipinski definition) is 1.